The average molecular weight is 332 g/mol. The van der Waals surface area contributed by atoms with Gasteiger partial charge < -0.3 is 4.57 Å². The van der Waals surface area contributed by atoms with Gasteiger partial charge in [-0.15, -0.1) is 0 Å². The van der Waals surface area contributed by atoms with Crippen LogP contribution in [0.25, 0.3) is 22.4 Å². The molecule has 0 N–H and O–H groups in total. The highest BCUT2D eigenvalue weighted by atomic mass is 15.1. The van der Waals surface area contributed by atoms with Crippen LogP contribution in [-0.4, -0.2) is 9.55 Å². The van der Waals surface area contributed by atoms with Crippen molar-refractivity contribution in [3.63, 3.8) is 0 Å². The Morgan fingerprint density at radius 3 is 2.72 bits per heavy atom. The number of hydrogen-bond acceptors (Lipinski definition) is 1. The van der Waals surface area contributed by atoms with Crippen molar-refractivity contribution in [2.75, 3.05) is 0 Å². The van der Waals surface area contributed by atoms with Crippen molar-refractivity contribution >= 4 is 11.0 Å². The van der Waals surface area contributed by atoms with Crippen LogP contribution in [0, 0.1) is 0 Å². The highest BCUT2D eigenvalue weighted by Crippen LogP contribution is 2.42. The number of rotatable bonds is 4. The standard InChI is InChI=1S/C23H28N2/c1-4-5-13-23(2)14-9-12-18-15-20-21(16-19(18)23)25(3)22(24-20)17-10-7-6-8-11-17/h6-8,10-11,15-16H,4-5,9,12-14H2,1-3H3. The lowest BCUT2D eigenvalue weighted by atomic mass is 9.68. The van der Waals surface area contributed by atoms with Gasteiger partial charge in [-0.25, -0.2) is 4.98 Å². The summed E-state index contributed by atoms with van der Waals surface area (Å²) in [7, 11) is 2.15. The van der Waals surface area contributed by atoms with Crippen molar-refractivity contribution in [2.45, 2.75) is 57.8 Å². The Balaban J connectivity index is 1.86. The topological polar surface area (TPSA) is 17.8 Å². The van der Waals surface area contributed by atoms with Gasteiger partial charge in [-0.3, -0.25) is 0 Å². The van der Waals surface area contributed by atoms with Gasteiger partial charge in [-0.1, -0.05) is 57.0 Å². The maximum Gasteiger partial charge on any atom is 0.140 e. The third-order valence-corrected chi connectivity index (χ3v) is 6.04. The summed E-state index contributed by atoms with van der Waals surface area (Å²) in [5.41, 5.74) is 7.02. The van der Waals surface area contributed by atoms with Crippen LogP contribution >= 0.6 is 0 Å². The fourth-order valence-electron chi connectivity index (χ4n) is 4.53. The number of nitrogens with zero attached hydrogens (tertiary/aromatic N) is 2. The average Bonchev–Trinajstić information content (AvgIpc) is 2.96. The molecule has 0 radical (unpaired) electrons. The van der Waals surface area contributed by atoms with Gasteiger partial charge in [0.05, 0.1) is 11.0 Å². The van der Waals surface area contributed by atoms with Crippen molar-refractivity contribution in [3.05, 3.63) is 53.6 Å². The molecule has 0 amide bonds. The van der Waals surface area contributed by atoms with E-state index < -0.39 is 0 Å². The van der Waals surface area contributed by atoms with Gasteiger partial charge in [0, 0.05) is 12.6 Å². The molecule has 0 saturated carbocycles. The molecule has 0 fully saturated rings. The first-order chi connectivity index (χ1) is 12.1. The lowest BCUT2D eigenvalue weighted by Crippen LogP contribution is -2.27. The van der Waals surface area contributed by atoms with E-state index in [1.807, 2.05) is 0 Å². The molecule has 1 aliphatic rings. The highest BCUT2D eigenvalue weighted by molar-refractivity contribution is 5.82. The molecule has 130 valence electrons. The molecule has 1 unspecified atom stereocenters. The number of aromatic nitrogens is 2. The Bertz CT molecular complexity index is 891. The summed E-state index contributed by atoms with van der Waals surface area (Å²) in [6.07, 6.45) is 7.70. The SMILES string of the molecule is CCCCC1(C)CCCc2cc3nc(-c4ccccc4)n(C)c3cc21. The zero-order valence-electron chi connectivity index (χ0n) is 15.7. The van der Waals surface area contributed by atoms with Gasteiger partial charge in [-0.2, -0.15) is 0 Å². The van der Waals surface area contributed by atoms with E-state index >= 15 is 0 Å². The Morgan fingerprint density at radius 1 is 1.16 bits per heavy atom. The molecule has 0 bridgehead atoms. The fourth-order valence-corrected chi connectivity index (χ4v) is 4.53. The highest BCUT2D eigenvalue weighted by Gasteiger charge is 2.32. The third kappa shape index (κ3) is 2.78. The Kier molecular flexibility index (Phi) is 4.15. The van der Waals surface area contributed by atoms with Crippen molar-refractivity contribution in [3.8, 4) is 11.4 Å². The monoisotopic (exact) mass is 332 g/mol. The molecule has 1 aromatic heterocycles. The quantitative estimate of drug-likeness (QED) is 0.571. The van der Waals surface area contributed by atoms with Gasteiger partial charge >= 0.3 is 0 Å². The van der Waals surface area contributed by atoms with E-state index in [9.17, 15) is 0 Å². The molecule has 25 heavy (non-hydrogen) atoms. The maximum atomic E-state index is 4.96. The van der Waals surface area contributed by atoms with E-state index in [2.05, 4.69) is 67.9 Å². The summed E-state index contributed by atoms with van der Waals surface area (Å²) in [6.45, 7) is 4.77. The van der Waals surface area contributed by atoms with Crippen LogP contribution in [0.4, 0.5) is 0 Å². The molecular weight excluding hydrogens is 304 g/mol. The van der Waals surface area contributed by atoms with Crippen molar-refractivity contribution < 1.29 is 0 Å². The lowest BCUT2D eigenvalue weighted by Gasteiger charge is -2.36. The summed E-state index contributed by atoms with van der Waals surface area (Å²) >= 11 is 0. The lowest BCUT2D eigenvalue weighted by molar-refractivity contribution is 0.356. The molecule has 0 aliphatic heterocycles. The molecular formula is C23H28N2. The molecule has 4 rings (SSSR count). The molecule has 2 heteroatoms. The van der Waals surface area contributed by atoms with Crippen LogP contribution in [0.5, 0.6) is 0 Å². The number of aryl methyl sites for hydroxylation is 2. The molecule has 0 saturated heterocycles. The number of imidazole rings is 1. The summed E-state index contributed by atoms with van der Waals surface area (Å²) in [5, 5.41) is 0. The second kappa shape index (κ2) is 6.33. The summed E-state index contributed by atoms with van der Waals surface area (Å²) < 4.78 is 2.26. The zero-order valence-corrected chi connectivity index (χ0v) is 15.7. The van der Waals surface area contributed by atoms with Crippen LogP contribution in [0.1, 0.15) is 57.1 Å². The summed E-state index contributed by atoms with van der Waals surface area (Å²) in [4.78, 5) is 4.96. The predicted octanol–water partition coefficient (Wildman–Crippen LogP) is 6.02. The summed E-state index contributed by atoms with van der Waals surface area (Å²) in [5.74, 6) is 1.06. The molecule has 3 aromatic rings. The molecule has 1 atom stereocenters. The van der Waals surface area contributed by atoms with Crippen molar-refractivity contribution in [2.24, 2.45) is 7.05 Å². The molecule has 2 nitrogen and oxygen atoms in total. The normalized spacial score (nSPS) is 20.0. The van der Waals surface area contributed by atoms with E-state index in [0.29, 0.717) is 5.41 Å². The van der Waals surface area contributed by atoms with Gasteiger partial charge in [0.15, 0.2) is 0 Å². The number of unbranched alkanes of at least 4 members (excludes halogenated alkanes) is 1. The Labute approximate surface area is 150 Å². The van der Waals surface area contributed by atoms with Crippen LogP contribution in [0.3, 0.4) is 0 Å². The number of benzene rings is 2. The van der Waals surface area contributed by atoms with Gasteiger partial charge in [0.1, 0.15) is 5.82 Å². The van der Waals surface area contributed by atoms with Crippen molar-refractivity contribution in [1.29, 1.82) is 0 Å². The molecule has 1 heterocycles. The maximum absolute atomic E-state index is 4.96. The minimum atomic E-state index is 0.328. The smallest absolute Gasteiger partial charge is 0.140 e. The van der Waals surface area contributed by atoms with E-state index in [0.717, 1.165) is 11.3 Å². The molecule has 2 aromatic carbocycles. The molecule has 1 aliphatic carbocycles. The summed E-state index contributed by atoms with van der Waals surface area (Å²) in [6, 6.07) is 15.3. The van der Waals surface area contributed by atoms with Crippen LogP contribution < -0.4 is 0 Å². The van der Waals surface area contributed by atoms with E-state index in [1.165, 1.54) is 55.2 Å². The Morgan fingerprint density at radius 2 is 1.96 bits per heavy atom. The first-order valence-electron chi connectivity index (χ1n) is 9.67. The van der Waals surface area contributed by atoms with Gasteiger partial charge in [-0.05, 0) is 54.4 Å². The van der Waals surface area contributed by atoms with E-state index in [1.54, 1.807) is 5.56 Å². The van der Waals surface area contributed by atoms with E-state index in [-0.39, 0.29) is 0 Å². The Hall–Kier alpha value is -2.09. The van der Waals surface area contributed by atoms with Crippen LogP contribution in [0.15, 0.2) is 42.5 Å². The first kappa shape index (κ1) is 16.4. The third-order valence-electron chi connectivity index (χ3n) is 6.04. The minimum absolute atomic E-state index is 0.328. The minimum Gasteiger partial charge on any atom is -0.327 e. The van der Waals surface area contributed by atoms with Gasteiger partial charge in [0.2, 0.25) is 0 Å². The van der Waals surface area contributed by atoms with Crippen LogP contribution in [-0.2, 0) is 18.9 Å². The fraction of sp³-hybridized carbons (Fsp3) is 0.435. The zero-order chi connectivity index (χ0) is 17.4. The van der Waals surface area contributed by atoms with Gasteiger partial charge in [0.25, 0.3) is 0 Å². The number of fused-ring (bicyclic) bond motifs is 2. The first-order valence-corrected chi connectivity index (χ1v) is 9.67. The molecule has 0 spiro atoms. The number of hydrogen-bond donors (Lipinski definition) is 0. The largest absolute Gasteiger partial charge is 0.327 e. The van der Waals surface area contributed by atoms with E-state index in [4.69, 9.17) is 4.98 Å². The second-order valence-corrected chi connectivity index (χ2v) is 7.88. The van der Waals surface area contributed by atoms with Crippen molar-refractivity contribution in [1.82, 2.24) is 9.55 Å². The van der Waals surface area contributed by atoms with Crippen LogP contribution in [0.2, 0.25) is 0 Å². The second-order valence-electron chi connectivity index (χ2n) is 7.88. The predicted molar refractivity (Wildman–Crippen MR) is 106 cm³/mol.